The Hall–Kier alpha value is -0.160. The fourth-order valence-electron chi connectivity index (χ4n) is 2.80. The molecule has 2 aliphatic rings. The zero-order valence-corrected chi connectivity index (χ0v) is 12.5. The van der Waals surface area contributed by atoms with Gasteiger partial charge in [-0.15, -0.1) is 0 Å². The van der Waals surface area contributed by atoms with Crippen molar-refractivity contribution in [3.8, 4) is 0 Å². The molecule has 4 nitrogen and oxygen atoms in total. The first-order chi connectivity index (χ1) is 9.09. The van der Waals surface area contributed by atoms with E-state index in [4.69, 9.17) is 10.8 Å². The molecule has 0 spiro atoms. The number of hydrogen-bond donors (Lipinski definition) is 2. The average molecular weight is 269 g/mol. The van der Waals surface area contributed by atoms with Crippen LogP contribution >= 0.6 is 0 Å². The number of piperazine rings is 1. The maximum atomic E-state index is 9.11. The van der Waals surface area contributed by atoms with Crippen LogP contribution in [0.25, 0.3) is 0 Å². The number of nitrogens with zero attached hydrogens (tertiary/aromatic N) is 2. The van der Waals surface area contributed by atoms with E-state index >= 15 is 0 Å². The number of aliphatic hydroxyl groups excluding tert-OH is 1. The van der Waals surface area contributed by atoms with Crippen molar-refractivity contribution in [3.05, 3.63) is 0 Å². The molecule has 112 valence electrons. The first kappa shape index (κ1) is 15.2. The highest BCUT2D eigenvalue weighted by Gasteiger charge is 2.26. The third-order valence-corrected chi connectivity index (χ3v) is 4.51. The maximum absolute atomic E-state index is 9.11. The molecule has 3 N–H and O–H groups in total. The highest BCUT2D eigenvalue weighted by atomic mass is 16.3. The second-order valence-corrected chi connectivity index (χ2v) is 6.85. The van der Waals surface area contributed by atoms with Gasteiger partial charge in [0.05, 0.1) is 6.61 Å². The summed E-state index contributed by atoms with van der Waals surface area (Å²) in [4.78, 5) is 5.22. The molecule has 0 aromatic heterocycles. The van der Waals surface area contributed by atoms with E-state index in [1.807, 2.05) is 6.92 Å². The molecule has 2 rings (SSSR count). The topological polar surface area (TPSA) is 52.7 Å². The molecule has 2 fully saturated rings. The van der Waals surface area contributed by atoms with Gasteiger partial charge in [-0.3, -0.25) is 0 Å². The molecule has 1 saturated heterocycles. The zero-order valence-electron chi connectivity index (χ0n) is 12.5. The molecule has 1 aliphatic carbocycles. The van der Waals surface area contributed by atoms with Crippen LogP contribution in [0.1, 0.15) is 39.0 Å². The molecule has 4 heteroatoms. The van der Waals surface area contributed by atoms with Gasteiger partial charge >= 0.3 is 0 Å². The predicted octanol–water partition coefficient (Wildman–Crippen LogP) is 0.894. The fraction of sp³-hybridized carbons (Fsp3) is 1.00. The lowest BCUT2D eigenvalue weighted by Crippen LogP contribution is -2.47. The number of unbranched alkanes of at least 4 members (excludes halogenated alkanes) is 1. The van der Waals surface area contributed by atoms with Gasteiger partial charge in [-0.2, -0.15) is 0 Å². The zero-order chi connectivity index (χ0) is 13.7. The molecule has 0 radical (unpaired) electrons. The Kier molecular flexibility index (Phi) is 5.63. The van der Waals surface area contributed by atoms with Crippen LogP contribution in [0.4, 0.5) is 0 Å². The van der Waals surface area contributed by atoms with Crippen molar-refractivity contribution in [3.63, 3.8) is 0 Å². The highest BCUT2D eigenvalue weighted by Crippen LogP contribution is 2.29. The number of rotatable bonds is 8. The SMILES string of the molecule is CC(N)(CO)CCCCN1CCN(CC2CC2)CC1. The van der Waals surface area contributed by atoms with Gasteiger partial charge in [0.2, 0.25) is 0 Å². The normalized spacial score (nSPS) is 25.4. The monoisotopic (exact) mass is 269 g/mol. The van der Waals surface area contributed by atoms with Gasteiger partial charge in [-0.25, -0.2) is 0 Å². The van der Waals surface area contributed by atoms with Gasteiger partial charge in [-0.05, 0) is 45.1 Å². The average Bonchev–Trinajstić information content (AvgIpc) is 3.21. The van der Waals surface area contributed by atoms with Crippen molar-refractivity contribution in [2.75, 3.05) is 45.9 Å². The summed E-state index contributed by atoms with van der Waals surface area (Å²) < 4.78 is 0. The maximum Gasteiger partial charge on any atom is 0.0608 e. The van der Waals surface area contributed by atoms with Crippen molar-refractivity contribution in [1.82, 2.24) is 9.80 Å². The largest absolute Gasteiger partial charge is 0.394 e. The van der Waals surface area contributed by atoms with Gasteiger partial charge in [0, 0.05) is 38.3 Å². The third-order valence-electron chi connectivity index (χ3n) is 4.51. The van der Waals surface area contributed by atoms with Gasteiger partial charge in [0.25, 0.3) is 0 Å². The van der Waals surface area contributed by atoms with E-state index in [1.165, 1.54) is 58.5 Å². The van der Waals surface area contributed by atoms with Crippen LogP contribution in [0.2, 0.25) is 0 Å². The molecule has 1 unspecified atom stereocenters. The summed E-state index contributed by atoms with van der Waals surface area (Å²) in [7, 11) is 0. The van der Waals surface area contributed by atoms with E-state index < -0.39 is 0 Å². The predicted molar refractivity (Wildman–Crippen MR) is 79.1 cm³/mol. The number of hydrogen-bond acceptors (Lipinski definition) is 4. The highest BCUT2D eigenvalue weighted by molar-refractivity contribution is 4.81. The third kappa shape index (κ3) is 5.78. The Labute approximate surface area is 117 Å². The van der Waals surface area contributed by atoms with Crippen LogP contribution in [0.3, 0.4) is 0 Å². The molecule has 19 heavy (non-hydrogen) atoms. The number of nitrogens with two attached hydrogens (primary N) is 1. The molecular formula is C15H31N3O. The number of aliphatic hydroxyl groups is 1. The van der Waals surface area contributed by atoms with Crippen molar-refractivity contribution in [2.24, 2.45) is 11.7 Å². The first-order valence-electron chi connectivity index (χ1n) is 7.93. The van der Waals surface area contributed by atoms with Crippen molar-refractivity contribution >= 4 is 0 Å². The van der Waals surface area contributed by atoms with E-state index in [0.29, 0.717) is 0 Å². The summed E-state index contributed by atoms with van der Waals surface area (Å²) in [5.41, 5.74) is 5.55. The minimum absolute atomic E-state index is 0.0901. The molecule has 1 atom stereocenters. The lowest BCUT2D eigenvalue weighted by atomic mass is 9.97. The molecule has 1 saturated carbocycles. The standard InChI is InChI=1S/C15H31N3O/c1-15(16,13-19)6-2-3-7-17-8-10-18(11-9-17)12-14-4-5-14/h14,19H,2-13,16H2,1H3. The van der Waals surface area contributed by atoms with Crippen molar-refractivity contribution in [1.29, 1.82) is 0 Å². The fourth-order valence-corrected chi connectivity index (χ4v) is 2.80. The summed E-state index contributed by atoms with van der Waals surface area (Å²) in [6.45, 7) is 9.52. The van der Waals surface area contributed by atoms with Gasteiger partial charge in [0.1, 0.15) is 0 Å². The van der Waals surface area contributed by atoms with E-state index in [2.05, 4.69) is 9.80 Å². The minimum atomic E-state index is -0.386. The van der Waals surface area contributed by atoms with E-state index in [-0.39, 0.29) is 12.1 Å². The molecule has 1 heterocycles. The minimum Gasteiger partial charge on any atom is -0.394 e. The van der Waals surface area contributed by atoms with Gasteiger partial charge < -0.3 is 20.6 Å². The Bertz CT molecular complexity index is 258. The van der Waals surface area contributed by atoms with E-state index in [1.54, 1.807) is 0 Å². The van der Waals surface area contributed by atoms with Crippen LogP contribution in [0, 0.1) is 5.92 Å². The first-order valence-corrected chi connectivity index (χ1v) is 7.93. The summed E-state index contributed by atoms with van der Waals surface area (Å²) in [5.74, 6) is 1.02. The second kappa shape index (κ2) is 7.02. The Balaban J connectivity index is 1.50. The molecule has 0 bridgehead atoms. The Morgan fingerprint density at radius 1 is 1.11 bits per heavy atom. The second-order valence-electron chi connectivity index (χ2n) is 6.85. The van der Waals surface area contributed by atoms with Crippen LogP contribution in [-0.2, 0) is 0 Å². The molecule has 1 aliphatic heterocycles. The molecule has 0 aromatic rings. The summed E-state index contributed by atoms with van der Waals surface area (Å²) in [6, 6.07) is 0. The van der Waals surface area contributed by atoms with E-state index in [0.717, 1.165) is 18.8 Å². The van der Waals surface area contributed by atoms with Crippen LogP contribution in [0.15, 0.2) is 0 Å². The molecule has 0 amide bonds. The summed E-state index contributed by atoms with van der Waals surface area (Å²) in [6.07, 6.45) is 6.17. The van der Waals surface area contributed by atoms with Gasteiger partial charge in [0.15, 0.2) is 0 Å². The van der Waals surface area contributed by atoms with Crippen LogP contribution in [-0.4, -0.2) is 66.3 Å². The van der Waals surface area contributed by atoms with E-state index in [9.17, 15) is 0 Å². The van der Waals surface area contributed by atoms with Gasteiger partial charge in [-0.1, -0.05) is 6.42 Å². The van der Waals surface area contributed by atoms with Crippen LogP contribution in [0.5, 0.6) is 0 Å². The summed E-state index contributed by atoms with van der Waals surface area (Å²) >= 11 is 0. The smallest absolute Gasteiger partial charge is 0.0608 e. The molecular weight excluding hydrogens is 238 g/mol. The molecule has 0 aromatic carbocycles. The Morgan fingerprint density at radius 2 is 1.74 bits per heavy atom. The lowest BCUT2D eigenvalue weighted by molar-refractivity contribution is 0.125. The quantitative estimate of drug-likeness (QED) is 0.643. The Morgan fingerprint density at radius 3 is 2.32 bits per heavy atom. The van der Waals surface area contributed by atoms with Crippen molar-refractivity contribution in [2.45, 2.75) is 44.6 Å². The lowest BCUT2D eigenvalue weighted by Gasteiger charge is -2.35. The summed E-state index contributed by atoms with van der Waals surface area (Å²) in [5, 5.41) is 9.11. The van der Waals surface area contributed by atoms with Crippen LogP contribution < -0.4 is 5.73 Å². The van der Waals surface area contributed by atoms with Crippen molar-refractivity contribution < 1.29 is 5.11 Å².